The van der Waals surface area contributed by atoms with Gasteiger partial charge in [-0.3, -0.25) is 14.5 Å². The van der Waals surface area contributed by atoms with Crippen molar-refractivity contribution in [3.05, 3.63) is 95.7 Å². The second-order valence-electron chi connectivity index (χ2n) is 8.55. The minimum atomic E-state index is -0.186. The summed E-state index contributed by atoms with van der Waals surface area (Å²) in [5, 5.41) is 3.82. The Morgan fingerprint density at radius 2 is 1.59 bits per heavy atom. The number of fused-ring (bicyclic) bond motifs is 1. The lowest BCUT2D eigenvalue weighted by atomic mass is 10.1. The fraction of sp³-hybridized carbons (Fsp3) is 0.185. The molecule has 2 heterocycles. The smallest absolute Gasteiger partial charge is 0.256 e. The van der Waals surface area contributed by atoms with Gasteiger partial charge < -0.3 is 20.9 Å². The van der Waals surface area contributed by atoms with Crippen LogP contribution in [-0.4, -0.2) is 52.8 Å². The molecule has 7 nitrogen and oxygen atoms in total. The molecule has 0 atom stereocenters. The largest absolute Gasteiger partial charge is 0.397 e. The van der Waals surface area contributed by atoms with Gasteiger partial charge in [0.05, 0.1) is 16.9 Å². The maximum absolute atomic E-state index is 13.0. The Hall–Kier alpha value is -4.10. The first-order valence-electron chi connectivity index (χ1n) is 11.4. The van der Waals surface area contributed by atoms with Crippen molar-refractivity contribution >= 4 is 34.1 Å². The second-order valence-corrected chi connectivity index (χ2v) is 8.55. The number of hydrogen-bond donors (Lipinski definition) is 3. The molecule has 1 fully saturated rings. The number of carbonyl (C=O) groups is 2. The average Bonchev–Trinajstić information content (AvgIpc) is 3.30. The van der Waals surface area contributed by atoms with E-state index in [-0.39, 0.29) is 11.8 Å². The number of piperazine rings is 1. The maximum Gasteiger partial charge on any atom is 0.256 e. The van der Waals surface area contributed by atoms with E-state index in [2.05, 4.69) is 15.2 Å². The lowest BCUT2D eigenvalue weighted by Crippen LogP contribution is -2.48. The van der Waals surface area contributed by atoms with Gasteiger partial charge in [0.1, 0.15) is 0 Å². The van der Waals surface area contributed by atoms with Crippen LogP contribution in [0.15, 0.2) is 79.0 Å². The van der Waals surface area contributed by atoms with Gasteiger partial charge in [-0.25, -0.2) is 0 Å². The summed E-state index contributed by atoms with van der Waals surface area (Å²) in [5.74, 6) is -0.111. The van der Waals surface area contributed by atoms with Crippen LogP contribution in [0.1, 0.15) is 26.3 Å². The number of nitrogen functional groups attached to an aromatic ring is 1. The predicted octanol–water partition coefficient (Wildman–Crippen LogP) is 3.96. The molecule has 2 amide bonds. The van der Waals surface area contributed by atoms with E-state index in [0.29, 0.717) is 30.0 Å². The Morgan fingerprint density at radius 1 is 0.882 bits per heavy atom. The molecule has 5 rings (SSSR count). The number of benzene rings is 3. The number of rotatable bonds is 5. The van der Waals surface area contributed by atoms with Gasteiger partial charge in [0.15, 0.2) is 0 Å². The van der Waals surface area contributed by atoms with Gasteiger partial charge >= 0.3 is 0 Å². The van der Waals surface area contributed by atoms with Gasteiger partial charge in [-0.1, -0.05) is 42.5 Å². The van der Waals surface area contributed by atoms with Gasteiger partial charge in [-0.05, 0) is 35.9 Å². The highest BCUT2D eigenvalue weighted by atomic mass is 16.2. The molecule has 0 bridgehead atoms. The van der Waals surface area contributed by atoms with Crippen molar-refractivity contribution in [2.45, 2.75) is 6.54 Å². The number of para-hydroxylation sites is 3. The number of hydrogen-bond acceptors (Lipinski definition) is 4. The van der Waals surface area contributed by atoms with Gasteiger partial charge in [-0.2, -0.15) is 0 Å². The molecular weight excluding hydrogens is 426 g/mol. The summed E-state index contributed by atoms with van der Waals surface area (Å²) >= 11 is 0. The first-order chi connectivity index (χ1) is 16.6. The lowest BCUT2D eigenvalue weighted by Gasteiger charge is -2.34. The highest BCUT2D eigenvalue weighted by Crippen LogP contribution is 2.21. The summed E-state index contributed by atoms with van der Waals surface area (Å²) in [6.07, 6.45) is 1.81. The van der Waals surface area contributed by atoms with E-state index in [4.69, 9.17) is 5.73 Å². The summed E-state index contributed by atoms with van der Waals surface area (Å²) in [6.45, 7) is 3.78. The number of carbonyl (C=O) groups excluding carboxylic acids is 2. The van der Waals surface area contributed by atoms with Crippen LogP contribution in [0.4, 0.5) is 11.4 Å². The molecular formula is C27H27N5O2. The number of H-pyrrole nitrogens is 1. The maximum atomic E-state index is 13.0. The van der Waals surface area contributed by atoms with Gasteiger partial charge in [-0.15, -0.1) is 0 Å². The number of amides is 2. The van der Waals surface area contributed by atoms with Crippen molar-refractivity contribution in [2.75, 3.05) is 37.2 Å². The first-order valence-corrected chi connectivity index (χ1v) is 11.4. The van der Waals surface area contributed by atoms with E-state index < -0.39 is 0 Å². The third-order valence-corrected chi connectivity index (χ3v) is 6.31. The van der Waals surface area contributed by atoms with Crippen LogP contribution < -0.4 is 11.1 Å². The molecule has 34 heavy (non-hydrogen) atoms. The summed E-state index contributed by atoms with van der Waals surface area (Å²) in [4.78, 5) is 33.0. The highest BCUT2D eigenvalue weighted by Gasteiger charge is 2.24. The molecule has 1 aliphatic heterocycles. The van der Waals surface area contributed by atoms with Crippen LogP contribution in [0, 0.1) is 0 Å². The van der Waals surface area contributed by atoms with E-state index in [1.54, 1.807) is 12.1 Å². The number of nitrogens with one attached hydrogen (secondary N) is 2. The molecule has 3 aromatic carbocycles. The SMILES string of the molecule is Nc1ccccc1NC(=O)c1ccc(CN2CCN(C(=O)c3c[nH]c4ccccc34)CC2)cc1. The fourth-order valence-electron chi connectivity index (χ4n) is 4.35. The Kier molecular flexibility index (Phi) is 6.01. The molecule has 0 radical (unpaired) electrons. The van der Waals surface area contributed by atoms with E-state index in [1.165, 1.54) is 0 Å². The summed E-state index contributed by atoms with van der Waals surface area (Å²) < 4.78 is 0. The van der Waals surface area contributed by atoms with Gasteiger partial charge in [0, 0.05) is 55.4 Å². The van der Waals surface area contributed by atoms with Crippen LogP contribution in [0.5, 0.6) is 0 Å². The summed E-state index contributed by atoms with van der Waals surface area (Å²) in [7, 11) is 0. The second kappa shape index (κ2) is 9.41. The predicted molar refractivity (Wildman–Crippen MR) is 135 cm³/mol. The van der Waals surface area contributed by atoms with Crippen molar-refractivity contribution in [1.29, 1.82) is 0 Å². The minimum absolute atomic E-state index is 0.0755. The number of anilines is 2. The molecule has 4 N–H and O–H groups in total. The van der Waals surface area contributed by atoms with E-state index in [0.717, 1.165) is 41.7 Å². The van der Waals surface area contributed by atoms with Crippen LogP contribution in [-0.2, 0) is 6.54 Å². The summed E-state index contributed by atoms with van der Waals surface area (Å²) in [6, 6.07) is 22.7. The fourth-order valence-corrected chi connectivity index (χ4v) is 4.35. The average molecular weight is 454 g/mol. The quantitative estimate of drug-likeness (QED) is 0.399. The zero-order chi connectivity index (χ0) is 23.5. The number of nitrogens with zero attached hydrogens (tertiary/aromatic N) is 2. The molecule has 0 spiro atoms. The van der Waals surface area contributed by atoms with Crippen LogP contribution >= 0.6 is 0 Å². The lowest BCUT2D eigenvalue weighted by molar-refractivity contribution is 0.0630. The standard InChI is InChI=1S/C27H27N5O2/c28-23-6-2-4-8-25(23)30-26(33)20-11-9-19(10-12-20)18-31-13-15-32(16-14-31)27(34)22-17-29-24-7-3-1-5-21(22)24/h1-12,17,29H,13-16,18,28H2,(H,30,33). The molecule has 0 unspecified atom stereocenters. The number of aromatic nitrogens is 1. The van der Waals surface area contributed by atoms with E-state index >= 15 is 0 Å². The zero-order valence-electron chi connectivity index (χ0n) is 18.8. The van der Waals surface area contributed by atoms with Crippen molar-refractivity contribution < 1.29 is 9.59 Å². The minimum Gasteiger partial charge on any atom is -0.397 e. The van der Waals surface area contributed by atoms with Crippen molar-refractivity contribution in [2.24, 2.45) is 0 Å². The van der Waals surface area contributed by atoms with Crippen molar-refractivity contribution in [3.8, 4) is 0 Å². The number of aromatic amines is 1. The van der Waals surface area contributed by atoms with Crippen LogP contribution in [0.2, 0.25) is 0 Å². The van der Waals surface area contributed by atoms with Gasteiger partial charge in [0.25, 0.3) is 11.8 Å². The molecule has 172 valence electrons. The molecule has 0 aliphatic carbocycles. The highest BCUT2D eigenvalue weighted by molar-refractivity contribution is 6.07. The Bertz CT molecular complexity index is 1320. The number of nitrogens with two attached hydrogens (primary N) is 1. The Morgan fingerprint density at radius 3 is 2.35 bits per heavy atom. The monoisotopic (exact) mass is 453 g/mol. The molecule has 4 aromatic rings. The Balaban J connectivity index is 1.15. The van der Waals surface area contributed by atoms with Gasteiger partial charge in [0.2, 0.25) is 0 Å². The molecule has 7 heteroatoms. The van der Waals surface area contributed by atoms with Crippen LogP contribution in [0.25, 0.3) is 10.9 Å². The normalized spacial score (nSPS) is 14.3. The molecule has 0 saturated carbocycles. The molecule has 1 aliphatic rings. The Labute approximate surface area is 198 Å². The van der Waals surface area contributed by atoms with E-state index in [1.807, 2.05) is 71.8 Å². The van der Waals surface area contributed by atoms with Crippen molar-refractivity contribution in [1.82, 2.24) is 14.8 Å². The van der Waals surface area contributed by atoms with Crippen LogP contribution in [0.3, 0.4) is 0 Å². The third-order valence-electron chi connectivity index (χ3n) is 6.31. The molecule has 1 saturated heterocycles. The van der Waals surface area contributed by atoms with Crippen molar-refractivity contribution in [3.63, 3.8) is 0 Å². The third kappa shape index (κ3) is 4.51. The molecule has 1 aromatic heterocycles. The van der Waals surface area contributed by atoms with E-state index in [9.17, 15) is 9.59 Å². The zero-order valence-corrected chi connectivity index (χ0v) is 18.8. The first kappa shape index (κ1) is 21.7. The summed E-state index contributed by atoms with van der Waals surface area (Å²) in [5.41, 5.74) is 10.5. The topological polar surface area (TPSA) is 94.5 Å².